The van der Waals surface area contributed by atoms with Crippen molar-refractivity contribution in [2.24, 2.45) is 0 Å². The van der Waals surface area contributed by atoms with E-state index in [4.69, 9.17) is 0 Å². The molecular formula is C10H10OS. The van der Waals surface area contributed by atoms with E-state index in [0.29, 0.717) is 5.75 Å². The minimum absolute atomic E-state index is 0.276. The summed E-state index contributed by atoms with van der Waals surface area (Å²) < 4.78 is 0. The first-order valence-electron chi connectivity index (χ1n) is 3.96. The van der Waals surface area contributed by atoms with Crippen LogP contribution in [0.3, 0.4) is 0 Å². The number of hydrogen-bond acceptors (Lipinski definition) is 2. The molecule has 2 rings (SSSR count). The van der Waals surface area contributed by atoms with Crippen LogP contribution in [0.25, 0.3) is 0 Å². The van der Waals surface area contributed by atoms with Crippen molar-refractivity contribution in [1.29, 1.82) is 0 Å². The number of thioether (sulfide) groups is 1. The first kappa shape index (κ1) is 7.87. The van der Waals surface area contributed by atoms with Crippen molar-refractivity contribution in [2.75, 3.05) is 5.75 Å². The summed E-state index contributed by atoms with van der Waals surface area (Å²) in [5.41, 5.74) is 3.41. The van der Waals surface area contributed by atoms with Gasteiger partial charge in [0.2, 0.25) is 0 Å². The fourth-order valence-electron chi connectivity index (χ4n) is 1.35. The lowest BCUT2D eigenvalue weighted by Gasteiger charge is -2.02. The van der Waals surface area contributed by atoms with Gasteiger partial charge in [0.05, 0.1) is 5.75 Å². The highest BCUT2D eigenvalue weighted by molar-refractivity contribution is 8.00. The first-order valence-corrected chi connectivity index (χ1v) is 4.94. The Hall–Kier alpha value is -0.760. The summed E-state index contributed by atoms with van der Waals surface area (Å²) in [4.78, 5) is 12.5. The second-order valence-electron chi connectivity index (χ2n) is 3.14. The maximum absolute atomic E-state index is 11.3. The summed E-state index contributed by atoms with van der Waals surface area (Å²) in [6.07, 6.45) is 0. The number of carbonyl (C=O) groups is 1. The molecule has 1 aromatic carbocycles. The van der Waals surface area contributed by atoms with E-state index in [2.05, 4.69) is 13.0 Å². The number of fused-ring (bicyclic) bond motifs is 1. The number of carbonyl (C=O) groups excluding carboxylic acids is 1. The van der Waals surface area contributed by atoms with Gasteiger partial charge >= 0.3 is 0 Å². The van der Waals surface area contributed by atoms with Crippen LogP contribution < -0.4 is 0 Å². The average Bonchev–Trinajstić information content (AvgIpc) is 2.35. The maximum Gasteiger partial charge on any atom is 0.174 e. The van der Waals surface area contributed by atoms with Gasteiger partial charge in [0, 0.05) is 10.5 Å². The van der Waals surface area contributed by atoms with E-state index in [1.165, 1.54) is 11.1 Å². The fraction of sp³-hybridized carbons (Fsp3) is 0.300. The predicted molar refractivity (Wildman–Crippen MR) is 51.0 cm³/mol. The monoisotopic (exact) mass is 178 g/mol. The SMILES string of the molecule is Cc1cc2c(cc1C)C(=O)CS2. The van der Waals surface area contributed by atoms with E-state index < -0.39 is 0 Å². The molecule has 0 aromatic heterocycles. The summed E-state index contributed by atoms with van der Waals surface area (Å²) in [5, 5.41) is 0. The lowest BCUT2D eigenvalue weighted by atomic mass is 10.0. The molecule has 12 heavy (non-hydrogen) atoms. The van der Waals surface area contributed by atoms with Crippen LogP contribution in [0.4, 0.5) is 0 Å². The van der Waals surface area contributed by atoms with Gasteiger partial charge in [-0.1, -0.05) is 0 Å². The lowest BCUT2D eigenvalue weighted by molar-refractivity contribution is 0.102. The van der Waals surface area contributed by atoms with Crippen molar-refractivity contribution in [1.82, 2.24) is 0 Å². The third-order valence-corrected chi connectivity index (χ3v) is 3.31. The van der Waals surface area contributed by atoms with Gasteiger partial charge in [0.1, 0.15) is 0 Å². The van der Waals surface area contributed by atoms with Crippen LogP contribution in [0.15, 0.2) is 17.0 Å². The minimum atomic E-state index is 0.276. The van der Waals surface area contributed by atoms with Crippen LogP contribution >= 0.6 is 11.8 Å². The molecule has 0 atom stereocenters. The molecular weight excluding hydrogens is 168 g/mol. The van der Waals surface area contributed by atoms with Crippen LogP contribution in [0, 0.1) is 13.8 Å². The summed E-state index contributed by atoms with van der Waals surface area (Å²) in [7, 11) is 0. The highest BCUT2D eigenvalue weighted by Gasteiger charge is 2.20. The molecule has 0 amide bonds. The van der Waals surface area contributed by atoms with Gasteiger partial charge in [0.25, 0.3) is 0 Å². The molecule has 0 aliphatic carbocycles. The van der Waals surface area contributed by atoms with Crippen molar-refractivity contribution in [3.05, 3.63) is 28.8 Å². The Labute approximate surface area is 76.2 Å². The van der Waals surface area contributed by atoms with Crippen molar-refractivity contribution < 1.29 is 4.79 Å². The zero-order valence-electron chi connectivity index (χ0n) is 7.18. The van der Waals surface area contributed by atoms with E-state index in [1.807, 2.05) is 13.0 Å². The molecule has 2 heteroatoms. The fourth-order valence-corrected chi connectivity index (χ4v) is 2.38. The highest BCUT2D eigenvalue weighted by atomic mass is 32.2. The highest BCUT2D eigenvalue weighted by Crippen LogP contribution is 2.32. The minimum Gasteiger partial charge on any atom is -0.293 e. The van der Waals surface area contributed by atoms with Gasteiger partial charge in [-0.3, -0.25) is 4.79 Å². The average molecular weight is 178 g/mol. The van der Waals surface area contributed by atoms with Crippen LogP contribution in [0.1, 0.15) is 21.5 Å². The van der Waals surface area contributed by atoms with Gasteiger partial charge in [0.15, 0.2) is 5.78 Å². The number of Topliss-reactive ketones (excluding diaryl/α,β-unsaturated/α-hetero) is 1. The van der Waals surface area contributed by atoms with Gasteiger partial charge < -0.3 is 0 Å². The van der Waals surface area contributed by atoms with Crippen molar-refractivity contribution in [3.8, 4) is 0 Å². The largest absolute Gasteiger partial charge is 0.293 e. The zero-order valence-corrected chi connectivity index (χ0v) is 7.99. The molecule has 1 aliphatic heterocycles. The van der Waals surface area contributed by atoms with Crippen molar-refractivity contribution >= 4 is 17.5 Å². The third-order valence-electron chi connectivity index (χ3n) is 2.26. The van der Waals surface area contributed by atoms with E-state index in [-0.39, 0.29) is 5.78 Å². The second kappa shape index (κ2) is 2.63. The number of rotatable bonds is 0. The van der Waals surface area contributed by atoms with Crippen LogP contribution in [0.5, 0.6) is 0 Å². The molecule has 0 saturated carbocycles. The summed E-state index contributed by atoms with van der Waals surface area (Å²) in [5.74, 6) is 0.899. The van der Waals surface area contributed by atoms with Crippen LogP contribution in [0.2, 0.25) is 0 Å². The topological polar surface area (TPSA) is 17.1 Å². The molecule has 1 aromatic rings. The van der Waals surface area contributed by atoms with E-state index >= 15 is 0 Å². The van der Waals surface area contributed by atoms with Crippen LogP contribution in [-0.2, 0) is 0 Å². The Bertz CT molecular complexity index is 355. The van der Waals surface area contributed by atoms with Crippen LogP contribution in [-0.4, -0.2) is 11.5 Å². The molecule has 0 bridgehead atoms. The summed E-state index contributed by atoms with van der Waals surface area (Å²) in [6, 6.07) is 4.12. The maximum atomic E-state index is 11.3. The molecule has 0 N–H and O–H groups in total. The summed E-state index contributed by atoms with van der Waals surface area (Å²) >= 11 is 1.65. The second-order valence-corrected chi connectivity index (χ2v) is 4.16. The van der Waals surface area contributed by atoms with E-state index in [1.54, 1.807) is 11.8 Å². The Kier molecular flexibility index (Phi) is 1.72. The Morgan fingerprint density at radius 2 is 1.92 bits per heavy atom. The lowest BCUT2D eigenvalue weighted by Crippen LogP contribution is -1.95. The van der Waals surface area contributed by atoms with Crippen molar-refractivity contribution in [3.63, 3.8) is 0 Å². The Morgan fingerprint density at radius 1 is 1.25 bits per heavy atom. The summed E-state index contributed by atoms with van der Waals surface area (Å²) in [6.45, 7) is 4.13. The smallest absolute Gasteiger partial charge is 0.174 e. The number of hydrogen-bond donors (Lipinski definition) is 0. The molecule has 1 aliphatic rings. The standard InChI is InChI=1S/C10H10OS/c1-6-3-8-9(11)5-12-10(8)4-7(6)2/h3-4H,5H2,1-2H3. The molecule has 0 radical (unpaired) electrons. The van der Waals surface area contributed by atoms with E-state index in [0.717, 1.165) is 10.5 Å². The van der Waals surface area contributed by atoms with Gasteiger partial charge in [-0.25, -0.2) is 0 Å². The number of benzene rings is 1. The quantitative estimate of drug-likeness (QED) is 0.607. The molecule has 0 unspecified atom stereocenters. The molecule has 0 spiro atoms. The molecule has 0 saturated heterocycles. The Morgan fingerprint density at radius 3 is 2.67 bits per heavy atom. The van der Waals surface area contributed by atoms with Gasteiger partial charge in [-0.05, 0) is 37.1 Å². The zero-order chi connectivity index (χ0) is 8.72. The normalized spacial score (nSPS) is 15.0. The molecule has 1 heterocycles. The van der Waals surface area contributed by atoms with Crippen molar-refractivity contribution in [2.45, 2.75) is 18.7 Å². The first-order chi connectivity index (χ1) is 5.68. The van der Waals surface area contributed by atoms with Gasteiger partial charge in [-0.15, -0.1) is 11.8 Å². The molecule has 1 nitrogen and oxygen atoms in total. The predicted octanol–water partition coefficient (Wildman–Crippen LogP) is 2.59. The van der Waals surface area contributed by atoms with E-state index in [9.17, 15) is 4.79 Å². The third kappa shape index (κ3) is 1.07. The number of aryl methyl sites for hydroxylation is 2. The Balaban J connectivity index is 2.63. The number of ketones is 1. The molecule has 0 fully saturated rings. The molecule has 62 valence electrons. The van der Waals surface area contributed by atoms with Gasteiger partial charge in [-0.2, -0.15) is 0 Å².